The topological polar surface area (TPSA) is 106 Å². The van der Waals surface area contributed by atoms with E-state index in [-0.39, 0.29) is 17.1 Å². The van der Waals surface area contributed by atoms with E-state index in [0.29, 0.717) is 45.9 Å². The number of benzene rings is 2. The van der Waals surface area contributed by atoms with Gasteiger partial charge in [0.15, 0.2) is 0 Å². The molecule has 8 bridgehead atoms. The Morgan fingerprint density at radius 2 is 1.12 bits per heavy atom. The molecule has 1 radical (unpaired) electrons. The maximum atomic E-state index is 4.95. The second kappa shape index (κ2) is 11.2. The van der Waals surface area contributed by atoms with Crippen LogP contribution in [0.25, 0.3) is 79.4 Å². The number of allylic oxidation sites excluding steroid dienone is 6. The van der Waals surface area contributed by atoms with Gasteiger partial charge in [0, 0.05) is 44.9 Å². The fourth-order valence-electron chi connectivity index (χ4n) is 5.29. The summed E-state index contributed by atoms with van der Waals surface area (Å²) in [5, 5.41) is 3.34. The fourth-order valence-corrected chi connectivity index (χ4v) is 5.29. The molecule has 0 atom stereocenters. The van der Waals surface area contributed by atoms with E-state index in [1.807, 2.05) is 86.7 Å². The summed E-state index contributed by atoms with van der Waals surface area (Å²) in [6.45, 7) is 11.9. The summed E-state index contributed by atoms with van der Waals surface area (Å²) in [6.07, 6.45) is 11.2. The smallest absolute Gasteiger partial charge is 0.357 e. The molecule has 3 aromatic heterocycles. The van der Waals surface area contributed by atoms with Gasteiger partial charge in [0.25, 0.3) is 0 Å². The van der Waals surface area contributed by atoms with Gasteiger partial charge in [-0.3, -0.25) is 0 Å². The molecule has 2 aliphatic rings. The van der Waals surface area contributed by atoms with Crippen molar-refractivity contribution < 1.29 is 17.1 Å². The fraction of sp³-hybridized carbons (Fsp3) is 0.0588. The van der Waals surface area contributed by atoms with Crippen LogP contribution in [-0.4, -0.2) is 29.9 Å². The van der Waals surface area contributed by atoms with Gasteiger partial charge < -0.3 is 29.9 Å². The van der Waals surface area contributed by atoms with Gasteiger partial charge in [-0.1, -0.05) is 98.1 Å². The van der Waals surface area contributed by atoms with Gasteiger partial charge in [-0.05, 0) is 35.1 Å². The quantitative estimate of drug-likeness (QED) is 0.257. The van der Waals surface area contributed by atoms with Gasteiger partial charge in [0.2, 0.25) is 0 Å². The minimum absolute atomic E-state index is 0. The molecule has 0 N–H and O–H groups in total. The van der Waals surface area contributed by atoms with E-state index in [9.17, 15) is 0 Å². The predicted molar refractivity (Wildman–Crippen MR) is 168 cm³/mol. The molecule has 2 aliphatic heterocycles. The van der Waals surface area contributed by atoms with Crippen LogP contribution >= 0.6 is 0 Å². The Hall–Kier alpha value is -5.24. The summed E-state index contributed by atoms with van der Waals surface area (Å²) >= 11 is 0. The van der Waals surface area contributed by atoms with E-state index in [0.717, 1.165) is 43.5 Å². The average molecular weight is 608 g/mol. The second-order valence-electron chi connectivity index (χ2n) is 9.62. The van der Waals surface area contributed by atoms with Crippen molar-refractivity contribution in [2.75, 3.05) is 0 Å². The van der Waals surface area contributed by atoms with E-state index < -0.39 is 0 Å². The van der Waals surface area contributed by atoms with Gasteiger partial charge in [-0.15, -0.1) is 0 Å². The largest absolute Gasteiger partial charge is 2.00 e. The van der Waals surface area contributed by atoms with Gasteiger partial charge in [0.05, 0.1) is 23.3 Å². The first-order valence-electron chi connectivity index (χ1n) is 13.5. The number of hydrogen-bond donors (Lipinski definition) is 0. The van der Waals surface area contributed by atoms with Crippen LogP contribution in [0.15, 0.2) is 86.0 Å². The van der Waals surface area contributed by atoms with Crippen LogP contribution in [0.4, 0.5) is 0 Å². The van der Waals surface area contributed by atoms with Crippen molar-refractivity contribution in [1.29, 1.82) is 0 Å². The van der Waals surface area contributed by atoms with Crippen molar-refractivity contribution in [1.82, 2.24) is 39.9 Å². The molecular formula is C34H24CuN8. The molecule has 5 aromatic rings. The molecule has 8 nitrogen and oxygen atoms in total. The number of aromatic nitrogens is 8. The van der Waals surface area contributed by atoms with Crippen LogP contribution in [0.5, 0.6) is 0 Å². The Morgan fingerprint density at radius 3 is 1.72 bits per heavy atom. The standard InChI is InChI=1S/C34H24N8.Cu/c1-5-13-21-19(7-3)28-36-29(21)35-27-20(8-4)22(14-6-2)30(37-27)39-32-25-17-11-12-18-26(25)34(41-32)42-33-24-16-10-9-15-23(24)31(38-28)40-33;/h5-18H,1,4H2,2-3H3;/q-2;+2/b14-6-,19-7+,21-13+;. The summed E-state index contributed by atoms with van der Waals surface area (Å²) in [6, 6.07) is 15.8. The number of nitrogens with zero attached hydrogens (tertiary/aromatic N) is 8. The van der Waals surface area contributed by atoms with Gasteiger partial charge in [0.1, 0.15) is 0 Å². The van der Waals surface area contributed by atoms with Crippen LogP contribution in [0.3, 0.4) is 0 Å². The zero-order valence-electron chi connectivity index (χ0n) is 23.4. The molecule has 0 amide bonds. The third-order valence-corrected chi connectivity index (χ3v) is 7.17. The molecule has 211 valence electrons. The first kappa shape index (κ1) is 27.9. The third-order valence-electron chi connectivity index (χ3n) is 7.17. The monoisotopic (exact) mass is 607 g/mol. The Balaban J connectivity index is 0.00000329. The Labute approximate surface area is 257 Å². The van der Waals surface area contributed by atoms with E-state index in [4.69, 9.17) is 39.9 Å². The van der Waals surface area contributed by atoms with Crippen molar-refractivity contribution in [2.45, 2.75) is 13.8 Å². The maximum absolute atomic E-state index is 4.95. The van der Waals surface area contributed by atoms with Crippen molar-refractivity contribution in [3.8, 4) is 22.8 Å². The summed E-state index contributed by atoms with van der Waals surface area (Å²) in [5.41, 5.74) is 5.28. The molecule has 2 aromatic carbocycles. The molecule has 0 spiro atoms. The summed E-state index contributed by atoms with van der Waals surface area (Å²) in [5.74, 6) is 1.98. The van der Waals surface area contributed by atoms with Crippen molar-refractivity contribution in [2.24, 2.45) is 0 Å². The van der Waals surface area contributed by atoms with E-state index >= 15 is 0 Å². The van der Waals surface area contributed by atoms with Crippen molar-refractivity contribution >= 4 is 56.7 Å². The van der Waals surface area contributed by atoms with E-state index in [2.05, 4.69) is 13.2 Å². The SMILES string of the molecule is C=C/C=c1\c(=C/C)c2nc3nc(nc4[n-]c(nc5nc(nc1[n-]2)C(C=C)=C5/C=C\C)c1ccccc41)-c1ccccc1-3.[Cu+2]. The van der Waals surface area contributed by atoms with Gasteiger partial charge in [-0.25, -0.2) is 9.97 Å². The Bertz CT molecular complexity index is 2320. The zero-order chi connectivity index (χ0) is 28.8. The molecule has 9 heteroatoms. The first-order chi connectivity index (χ1) is 20.6. The predicted octanol–water partition coefficient (Wildman–Crippen LogP) is 5.08. The number of hydrogen-bond acceptors (Lipinski definition) is 6. The van der Waals surface area contributed by atoms with E-state index in [1.165, 1.54) is 0 Å². The average Bonchev–Trinajstić information content (AvgIpc) is 3.72. The molecule has 0 fully saturated rings. The Morgan fingerprint density at radius 1 is 0.605 bits per heavy atom. The van der Waals surface area contributed by atoms with Crippen molar-refractivity contribution in [3.05, 3.63) is 108 Å². The van der Waals surface area contributed by atoms with Gasteiger partial charge >= 0.3 is 17.1 Å². The first-order valence-corrected chi connectivity index (χ1v) is 13.5. The van der Waals surface area contributed by atoms with Crippen molar-refractivity contribution in [3.63, 3.8) is 0 Å². The maximum Gasteiger partial charge on any atom is 2.00 e. The summed E-state index contributed by atoms with van der Waals surface area (Å²) in [4.78, 5) is 39.2. The summed E-state index contributed by atoms with van der Waals surface area (Å²) < 4.78 is 0. The second-order valence-corrected chi connectivity index (χ2v) is 9.62. The van der Waals surface area contributed by atoms with E-state index in [1.54, 1.807) is 12.2 Å². The van der Waals surface area contributed by atoms with Crippen LogP contribution in [-0.2, 0) is 17.1 Å². The molecule has 0 aliphatic carbocycles. The number of fused-ring (bicyclic) bond motifs is 14. The zero-order valence-corrected chi connectivity index (χ0v) is 24.3. The molecule has 0 unspecified atom stereocenters. The number of rotatable bonds is 3. The molecule has 0 saturated heterocycles. The molecular weight excluding hydrogens is 584 g/mol. The minimum Gasteiger partial charge on any atom is -0.357 e. The molecule has 43 heavy (non-hydrogen) atoms. The van der Waals surface area contributed by atoms with Crippen LogP contribution < -0.4 is 20.4 Å². The Kier molecular flexibility index (Phi) is 7.27. The van der Waals surface area contributed by atoms with Crippen LogP contribution in [0.2, 0.25) is 0 Å². The third kappa shape index (κ3) is 4.55. The summed E-state index contributed by atoms with van der Waals surface area (Å²) in [7, 11) is 0. The van der Waals surface area contributed by atoms with Crippen LogP contribution in [0, 0.1) is 0 Å². The normalized spacial score (nSPS) is 13.4. The van der Waals surface area contributed by atoms with Crippen LogP contribution in [0.1, 0.15) is 25.5 Å². The minimum atomic E-state index is 0. The molecule has 0 saturated carbocycles. The van der Waals surface area contributed by atoms with Gasteiger partial charge in [-0.2, -0.15) is 0 Å². The molecule has 7 rings (SSSR count). The molecule has 5 heterocycles.